The molecule has 4 N–H and O–H groups in total. The summed E-state index contributed by atoms with van der Waals surface area (Å²) in [6.45, 7) is 0. The highest BCUT2D eigenvalue weighted by Crippen LogP contribution is 2.41. The molecule has 5 heteroatoms. The van der Waals surface area contributed by atoms with Gasteiger partial charge in [0.2, 0.25) is 5.88 Å². The van der Waals surface area contributed by atoms with Crippen LogP contribution in [0, 0.1) is 0 Å². The van der Waals surface area contributed by atoms with E-state index >= 15 is 0 Å². The van der Waals surface area contributed by atoms with Crippen molar-refractivity contribution in [2.24, 2.45) is 11.5 Å². The van der Waals surface area contributed by atoms with Crippen molar-refractivity contribution in [3.8, 4) is 5.75 Å². The highest BCUT2D eigenvalue weighted by atomic mass is 79.9. The molecule has 0 heterocycles. The van der Waals surface area contributed by atoms with Gasteiger partial charge < -0.3 is 20.9 Å². The van der Waals surface area contributed by atoms with Crippen LogP contribution < -0.4 is 16.2 Å². The molecule has 0 radical (unpaired) electrons. The van der Waals surface area contributed by atoms with E-state index in [0.29, 0.717) is 16.2 Å². The molecule has 0 amide bonds. The van der Waals surface area contributed by atoms with Crippen LogP contribution in [0.1, 0.15) is 24.3 Å². The summed E-state index contributed by atoms with van der Waals surface area (Å²) in [5.41, 5.74) is 12.5. The number of nitrogens with two attached hydrogens (primary N) is 2. The second-order valence-electron chi connectivity index (χ2n) is 4.36. The van der Waals surface area contributed by atoms with Crippen LogP contribution in [-0.4, -0.2) is 7.11 Å². The standard InChI is InChI=1S/C14H17BrN2O2/c1-18-14(17)13(15)12(8-16)19-11-4-2-3-10(7-11)9-5-6-9/h2-4,7-9H,5-6,16-17H2,1H3/b12-8+,14-13-. The lowest BCUT2D eigenvalue weighted by atomic mass is 10.1. The lowest BCUT2D eigenvalue weighted by molar-refractivity contribution is 0.283. The van der Waals surface area contributed by atoms with Gasteiger partial charge in [0, 0.05) is 6.20 Å². The lowest BCUT2D eigenvalue weighted by Crippen LogP contribution is -2.07. The third-order valence-electron chi connectivity index (χ3n) is 2.94. The molecule has 0 atom stereocenters. The van der Waals surface area contributed by atoms with Gasteiger partial charge in [-0.25, -0.2) is 0 Å². The Morgan fingerprint density at radius 1 is 1.42 bits per heavy atom. The first-order valence-corrected chi connectivity index (χ1v) is 6.84. The second-order valence-corrected chi connectivity index (χ2v) is 5.16. The average Bonchev–Trinajstić information content (AvgIpc) is 3.28. The van der Waals surface area contributed by atoms with Crippen molar-refractivity contribution in [1.82, 2.24) is 0 Å². The smallest absolute Gasteiger partial charge is 0.202 e. The summed E-state index contributed by atoms with van der Waals surface area (Å²) in [5, 5.41) is 0. The molecule has 0 unspecified atom stereocenters. The van der Waals surface area contributed by atoms with E-state index in [2.05, 4.69) is 22.0 Å². The Kier molecular flexibility index (Phi) is 4.37. The maximum atomic E-state index is 5.74. The molecule has 0 bridgehead atoms. The molecule has 0 aromatic heterocycles. The topological polar surface area (TPSA) is 70.5 Å². The maximum absolute atomic E-state index is 5.74. The minimum atomic E-state index is 0.218. The van der Waals surface area contributed by atoms with E-state index in [4.69, 9.17) is 20.9 Å². The van der Waals surface area contributed by atoms with Crippen molar-refractivity contribution < 1.29 is 9.47 Å². The Balaban J connectivity index is 2.17. The van der Waals surface area contributed by atoms with Gasteiger partial charge in [0.15, 0.2) is 5.76 Å². The van der Waals surface area contributed by atoms with E-state index in [1.165, 1.54) is 31.7 Å². The van der Waals surface area contributed by atoms with Crippen LogP contribution in [-0.2, 0) is 4.74 Å². The number of benzene rings is 1. The minimum absolute atomic E-state index is 0.218. The predicted octanol–water partition coefficient (Wildman–Crippen LogP) is 2.91. The summed E-state index contributed by atoms with van der Waals surface area (Å²) >= 11 is 3.30. The number of hydrogen-bond donors (Lipinski definition) is 2. The van der Waals surface area contributed by atoms with Crippen LogP contribution in [0.25, 0.3) is 0 Å². The van der Waals surface area contributed by atoms with E-state index in [9.17, 15) is 0 Å². The fraction of sp³-hybridized carbons (Fsp3) is 0.286. The number of rotatable bonds is 5. The molecule has 1 aliphatic rings. The molecule has 1 aliphatic carbocycles. The Bertz CT molecular complexity index is 522. The molecule has 1 aromatic rings. The molecule has 19 heavy (non-hydrogen) atoms. The number of allylic oxidation sites excluding steroid dienone is 1. The van der Waals surface area contributed by atoms with Gasteiger partial charge in [-0.05, 0) is 52.4 Å². The van der Waals surface area contributed by atoms with Gasteiger partial charge in [0.05, 0.1) is 7.11 Å². The number of ether oxygens (including phenoxy) is 2. The van der Waals surface area contributed by atoms with E-state index in [-0.39, 0.29) is 5.88 Å². The van der Waals surface area contributed by atoms with Gasteiger partial charge >= 0.3 is 0 Å². The van der Waals surface area contributed by atoms with Crippen molar-refractivity contribution in [1.29, 1.82) is 0 Å². The number of hydrogen-bond acceptors (Lipinski definition) is 4. The van der Waals surface area contributed by atoms with Crippen molar-refractivity contribution in [2.75, 3.05) is 7.11 Å². The minimum Gasteiger partial charge on any atom is -0.482 e. The van der Waals surface area contributed by atoms with Crippen LogP contribution in [0.5, 0.6) is 5.75 Å². The Morgan fingerprint density at radius 2 is 2.16 bits per heavy atom. The summed E-state index contributed by atoms with van der Waals surface area (Å²) in [6, 6.07) is 8.02. The first kappa shape index (κ1) is 13.8. The molecule has 102 valence electrons. The van der Waals surface area contributed by atoms with Gasteiger partial charge in [-0.3, -0.25) is 0 Å². The SMILES string of the molecule is CO/C(N)=C(Br)/C(=C\N)Oc1cccc(C2CC2)c1. The quantitative estimate of drug-likeness (QED) is 0.645. The van der Waals surface area contributed by atoms with Crippen molar-refractivity contribution >= 4 is 15.9 Å². The highest BCUT2D eigenvalue weighted by molar-refractivity contribution is 9.12. The molecule has 1 aromatic carbocycles. The first-order valence-electron chi connectivity index (χ1n) is 6.05. The van der Waals surface area contributed by atoms with E-state index in [0.717, 1.165) is 5.75 Å². The van der Waals surface area contributed by atoms with Crippen LogP contribution >= 0.6 is 15.9 Å². The summed E-state index contributed by atoms with van der Waals surface area (Å²) < 4.78 is 11.2. The molecule has 0 aliphatic heterocycles. The zero-order valence-electron chi connectivity index (χ0n) is 10.7. The van der Waals surface area contributed by atoms with Crippen molar-refractivity contribution in [3.63, 3.8) is 0 Å². The van der Waals surface area contributed by atoms with Crippen LogP contribution in [0.3, 0.4) is 0 Å². The molecule has 2 rings (SSSR count). The summed E-state index contributed by atoms with van der Waals surface area (Å²) in [7, 11) is 1.48. The molecular formula is C14H17BrN2O2. The Morgan fingerprint density at radius 3 is 2.74 bits per heavy atom. The molecule has 1 fully saturated rings. The molecule has 1 saturated carbocycles. The monoisotopic (exact) mass is 324 g/mol. The fourth-order valence-electron chi connectivity index (χ4n) is 1.74. The molecular weight excluding hydrogens is 308 g/mol. The van der Waals surface area contributed by atoms with E-state index in [1.54, 1.807) is 0 Å². The van der Waals surface area contributed by atoms with Crippen molar-refractivity contribution in [3.05, 3.63) is 52.2 Å². The third-order valence-corrected chi connectivity index (χ3v) is 3.72. The fourth-order valence-corrected chi connectivity index (χ4v) is 2.11. The zero-order chi connectivity index (χ0) is 13.8. The first-order chi connectivity index (χ1) is 9.15. The number of halogens is 1. The predicted molar refractivity (Wildman–Crippen MR) is 78.5 cm³/mol. The molecule has 0 spiro atoms. The summed E-state index contributed by atoms with van der Waals surface area (Å²) in [5.74, 6) is 2.06. The third kappa shape index (κ3) is 3.44. The van der Waals surface area contributed by atoms with Gasteiger partial charge in [0.1, 0.15) is 10.2 Å². The van der Waals surface area contributed by atoms with E-state index < -0.39 is 0 Å². The highest BCUT2D eigenvalue weighted by Gasteiger charge is 2.23. The summed E-state index contributed by atoms with van der Waals surface area (Å²) in [6.07, 6.45) is 3.85. The lowest BCUT2D eigenvalue weighted by Gasteiger charge is -2.11. The second kappa shape index (κ2) is 6.02. The van der Waals surface area contributed by atoms with Gasteiger partial charge in [-0.15, -0.1) is 0 Å². The Labute approximate surface area is 121 Å². The van der Waals surface area contributed by atoms with Crippen LogP contribution in [0.15, 0.2) is 46.6 Å². The van der Waals surface area contributed by atoms with Crippen molar-refractivity contribution in [2.45, 2.75) is 18.8 Å². The zero-order valence-corrected chi connectivity index (χ0v) is 12.3. The molecule has 4 nitrogen and oxygen atoms in total. The van der Waals surface area contributed by atoms with Crippen LogP contribution in [0.4, 0.5) is 0 Å². The number of methoxy groups -OCH3 is 1. The van der Waals surface area contributed by atoms with E-state index in [1.807, 2.05) is 18.2 Å². The largest absolute Gasteiger partial charge is 0.482 e. The van der Waals surface area contributed by atoms with Gasteiger partial charge in [-0.1, -0.05) is 12.1 Å². The maximum Gasteiger partial charge on any atom is 0.202 e. The van der Waals surface area contributed by atoms with Gasteiger partial charge in [-0.2, -0.15) is 0 Å². The Hall–Kier alpha value is -1.62. The normalized spacial score (nSPS) is 16.8. The average molecular weight is 325 g/mol. The van der Waals surface area contributed by atoms with Crippen LogP contribution in [0.2, 0.25) is 0 Å². The summed E-state index contributed by atoms with van der Waals surface area (Å²) in [4.78, 5) is 0. The molecule has 0 saturated heterocycles. The van der Waals surface area contributed by atoms with Gasteiger partial charge in [0.25, 0.3) is 0 Å².